The second-order valence-electron chi connectivity index (χ2n) is 2.58. The molecule has 0 aliphatic rings. The van der Waals surface area contributed by atoms with Gasteiger partial charge in [0.25, 0.3) is 0 Å². The molecule has 0 fully saturated rings. The Labute approximate surface area is 70.9 Å². The summed E-state index contributed by atoms with van der Waals surface area (Å²) in [6.07, 6.45) is 1.48. The minimum absolute atomic E-state index is 0.0132. The van der Waals surface area contributed by atoms with Crippen molar-refractivity contribution in [1.82, 2.24) is 0 Å². The highest BCUT2D eigenvalue weighted by Gasteiger charge is 1.97. The zero-order valence-electron chi connectivity index (χ0n) is 6.82. The number of nitrogens with zero attached hydrogens (tertiary/aromatic N) is 1. The van der Waals surface area contributed by atoms with Gasteiger partial charge >= 0.3 is 0 Å². The van der Waals surface area contributed by atoms with Crippen LogP contribution in [-0.4, -0.2) is 6.08 Å². The van der Waals surface area contributed by atoms with Gasteiger partial charge in [0.15, 0.2) is 0 Å². The lowest BCUT2D eigenvalue weighted by molar-refractivity contribution is 0.565. The van der Waals surface area contributed by atoms with E-state index in [0.29, 0.717) is 5.69 Å². The highest BCUT2D eigenvalue weighted by atomic mass is 16.1. The molecule has 0 radical (unpaired) electrons. The van der Waals surface area contributed by atoms with Crippen molar-refractivity contribution in [1.29, 1.82) is 0 Å². The predicted octanol–water partition coefficient (Wildman–Crippen LogP) is 1.67. The number of isocyanates is 1. The Hall–Kier alpha value is -1.44. The third-order valence-electron chi connectivity index (χ3n) is 1.59. The molecule has 3 heteroatoms. The first-order valence-electron chi connectivity index (χ1n) is 3.67. The van der Waals surface area contributed by atoms with Crippen molar-refractivity contribution in [3.8, 4) is 0 Å². The monoisotopic (exact) mass is 162 g/mol. The second kappa shape index (κ2) is 3.81. The maximum atomic E-state index is 9.88. The van der Waals surface area contributed by atoms with Crippen molar-refractivity contribution in [2.75, 3.05) is 0 Å². The lowest BCUT2D eigenvalue weighted by atomic mass is 10.1. The number of hydrogen-bond acceptors (Lipinski definition) is 3. The molecule has 0 aliphatic carbocycles. The molecule has 0 heterocycles. The average molecular weight is 162 g/mol. The van der Waals surface area contributed by atoms with Gasteiger partial charge in [-0.15, -0.1) is 0 Å². The van der Waals surface area contributed by atoms with E-state index in [1.165, 1.54) is 6.08 Å². The zero-order chi connectivity index (χ0) is 8.97. The Morgan fingerprint density at radius 3 is 2.42 bits per heavy atom. The summed E-state index contributed by atoms with van der Waals surface area (Å²) < 4.78 is 0. The first-order chi connectivity index (χ1) is 5.74. The van der Waals surface area contributed by atoms with Crippen LogP contribution in [-0.2, 0) is 4.79 Å². The van der Waals surface area contributed by atoms with Crippen LogP contribution >= 0.6 is 0 Å². The summed E-state index contributed by atoms with van der Waals surface area (Å²) in [5.41, 5.74) is 7.26. The van der Waals surface area contributed by atoms with Gasteiger partial charge in [-0.1, -0.05) is 12.1 Å². The first kappa shape index (κ1) is 8.65. The van der Waals surface area contributed by atoms with E-state index in [1.54, 1.807) is 12.1 Å². The van der Waals surface area contributed by atoms with E-state index in [1.807, 2.05) is 19.1 Å². The van der Waals surface area contributed by atoms with Crippen LogP contribution in [0.1, 0.15) is 18.5 Å². The summed E-state index contributed by atoms with van der Waals surface area (Å²) in [7, 11) is 0. The summed E-state index contributed by atoms with van der Waals surface area (Å²) in [6.45, 7) is 1.90. The standard InChI is InChI=1S/C9H10N2O/c1-7(10)8-2-4-9(5-3-8)11-6-12/h2-5,7H,10H2,1H3/t7-/m1/s1. The van der Waals surface area contributed by atoms with E-state index >= 15 is 0 Å². The van der Waals surface area contributed by atoms with Crippen molar-refractivity contribution in [2.24, 2.45) is 10.7 Å². The molecule has 0 aromatic heterocycles. The van der Waals surface area contributed by atoms with Crippen molar-refractivity contribution < 1.29 is 4.79 Å². The van der Waals surface area contributed by atoms with E-state index in [9.17, 15) is 4.79 Å². The number of hydrogen-bond donors (Lipinski definition) is 1. The number of benzene rings is 1. The van der Waals surface area contributed by atoms with Gasteiger partial charge < -0.3 is 5.73 Å². The van der Waals surface area contributed by atoms with Crippen molar-refractivity contribution in [3.63, 3.8) is 0 Å². The van der Waals surface area contributed by atoms with E-state index < -0.39 is 0 Å². The van der Waals surface area contributed by atoms with Crippen LogP contribution in [0.25, 0.3) is 0 Å². The van der Waals surface area contributed by atoms with Crippen molar-refractivity contribution in [2.45, 2.75) is 13.0 Å². The molecule has 1 aromatic rings. The van der Waals surface area contributed by atoms with Crippen LogP contribution in [0.2, 0.25) is 0 Å². The maximum Gasteiger partial charge on any atom is 0.240 e. The number of aliphatic imine (C=N–C) groups is 1. The zero-order valence-corrected chi connectivity index (χ0v) is 6.82. The van der Waals surface area contributed by atoms with Crippen molar-refractivity contribution >= 4 is 11.8 Å². The molecule has 3 nitrogen and oxygen atoms in total. The lowest BCUT2D eigenvalue weighted by Gasteiger charge is -2.03. The number of carbonyl (C=O) groups excluding carboxylic acids is 1. The molecule has 0 aliphatic heterocycles. The molecule has 0 unspecified atom stereocenters. The molecular weight excluding hydrogens is 152 g/mol. The average Bonchev–Trinajstić information content (AvgIpc) is 2.06. The molecule has 0 saturated heterocycles. The fourth-order valence-corrected chi connectivity index (χ4v) is 0.905. The summed E-state index contributed by atoms with van der Waals surface area (Å²) in [5.74, 6) is 0. The molecule has 12 heavy (non-hydrogen) atoms. The highest BCUT2D eigenvalue weighted by molar-refractivity contribution is 5.49. The Bertz CT molecular complexity index is 297. The highest BCUT2D eigenvalue weighted by Crippen LogP contribution is 2.15. The van der Waals surface area contributed by atoms with Crippen LogP contribution < -0.4 is 5.73 Å². The smallest absolute Gasteiger partial charge is 0.240 e. The van der Waals surface area contributed by atoms with E-state index in [4.69, 9.17) is 5.73 Å². The molecule has 0 amide bonds. The topological polar surface area (TPSA) is 55.4 Å². The molecule has 62 valence electrons. The summed E-state index contributed by atoms with van der Waals surface area (Å²) in [5, 5.41) is 0. The summed E-state index contributed by atoms with van der Waals surface area (Å²) in [6, 6.07) is 7.19. The Morgan fingerprint density at radius 2 is 2.00 bits per heavy atom. The van der Waals surface area contributed by atoms with Crippen molar-refractivity contribution in [3.05, 3.63) is 29.8 Å². The molecule has 1 aromatic carbocycles. The fraction of sp³-hybridized carbons (Fsp3) is 0.222. The normalized spacial score (nSPS) is 11.8. The minimum Gasteiger partial charge on any atom is -0.324 e. The summed E-state index contributed by atoms with van der Waals surface area (Å²) in [4.78, 5) is 13.3. The maximum absolute atomic E-state index is 9.88. The van der Waals surface area contributed by atoms with Gasteiger partial charge in [-0.25, -0.2) is 4.79 Å². The second-order valence-corrected chi connectivity index (χ2v) is 2.58. The van der Waals surface area contributed by atoms with E-state index in [-0.39, 0.29) is 6.04 Å². The Morgan fingerprint density at radius 1 is 1.42 bits per heavy atom. The minimum atomic E-state index is 0.0132. The van der Waals surface area contributed by atoms with Crippen LogP contribution in [0.4, 0.5) is 5.69 Å². The lowest BCUT2D eigenvalue weighted by Crippen LogP contribution is -2.03. The van der Waals surface area contributed by atoms with Gasteiger partial charge in [0.2, 0.25) is 6.08 Å². The van der Waals surface area contributed by atoms with Crippen LogP contribution in [0, 0.1) is 0 Å². The predicted molar refractivity (Wildman–Crippen MR) is 46.8 cm³/mol. The van der Waals surface area contributed by atoms with E-state index in [2.05, 4.69) is 4.99 Å². The fourth-order valence-electron chi connectivity index (χ4n) is 0.905. The molecular formula is C9H10N2O. The van der Waals surface area contributed by atoms with Crippen LogP contribution in [0.5, 0.6) is 0 Å². The molecule has 0 bridgehead atoms. The summed E-state index contributed by atoms with van der Waals surface area (Å²) >= 11 is 0. The first-order valence-corrected chi connectivity index (χ1v) is 3.67. The largest absolute Gasteiger partial charge is 0.324 e. The Balaban J connectivity index is 2.92. The molecule has 0 saturated carbocycles. The van der Waals surface area contributed by atoms with Gasteiger partial charge in [0, 0.05) is 6.04 Å². The van der Waals surface area contributed by atoms with Gasteiger partial charge in [-0.3, -0.25) is 0 Å². The third-order valence-corrected chi connectivity index (χ3v) is 1.59. The third kappa shape index (κ3) is 2.02. The SMILES string of the molecule is C[C@@H](N)c1ccc(N=C=O)cc1. The number of nitrogens with two attached hydrogens (primary N) is 1. The molecule has 1 rings (SSSR count). The van der Waals surface area contributed by atoms with Crippen LogP contribution in [0.15, 0.2) is 29.3 Å². The molecule has 1 atom stereocenters. The van der Waals surface area contributed by atoms with Gasteiger partial charge in [0.1, 0.15) is 0 Å². The quantitative estimate of drug-likeness (QED) is 0.531. The van der Waals surface area contributed by atoms with Gasteiger partial charge in [-0.05, 0) is 24.6 Å². The van der Waals surface area contributed by atoms with E-state index in [0.717, 1.165) is 5.56 Å². The molecule has 2 N–H and O–H groups in total. The molecule has 0 spiro atoms. The van der Waals surface area contributed by atoms with Gasteiger partial charge in [0.05, 0.1) is 5.69 Å². The van der Waals surface area contributed by atoms with Crippen LogP contribution in [0.3, 0.4) is 0 Å². The van der Waals surface area contributed by atoms with Gasteiger partial charge in [-0.2, -0.15) is 4.99 Å². The number of rotatable bonds is 2. The Kier molecular flexibility index (Phi) is 2.75.